The van der Waals surface area contributed by atoms with Crippen LogP contribution in [0.3, 0.4) is 0 Å². The number of hydrogen-bond donors (Lipinski definition) is 1. The van der Waals surface area contributed by atoms with Crippen LogP contribution in [-0.2, 0) is 25.9 Å². The second-order valence-electron chi connectivity index (χ2n) is 6.79. The number of Topliss-reactive ketones (excluding diaryl/α,β-unsaturated/α-hetero) is 2. The Kier molecular flexibility index (Phi) is 22.9. The fourth-order valence-corrected chi connectivity index (χ4v) is 2.70. The Bertz CT molecular complexity index is 757. The van der Waals surface area contributed by atoms with Crippen LogP contribution in [0.5, 0.6) is 0 Å². The first-order chi connectivity index (χ1) is 14.5. The summed E-state index contributed by atoms with van der Waals surface area (Å²) in [5, 5.41) is 8.54. The van der Waals surface area contributed by atoms with Crippen LogP contribution < -0.4 is 5.32 Å². The maximum atomic E-state index is 11.5. The van der Waals surface area contributed by atoms with Gasteiger partial charge in [0.05, 0.1) is 16.9 Å². The van der Waals surface area contributed by atoms with Gasteiger partial charge >= 0.3 is 0 Å². The summed E-state index contributed by atoms with van der Waals surface area (Å²) in [4.78, 5) is 22.0. The predicted molar refractivity (Wildman–Crippen MR) is 133 cm³/mol. The Balaban J connectivity index is -0.000000394. The first-order valence-corrected chi connectivity index (χ1v) is 11.1. The van der Waals surface area contributed by atoms with Crippen molar-refractivity contribution in [2.24, 2.45) is 0 Å². The molecule has 0 atom stereocenters. The van der Waals surface area contributed by atoms with Crippen molar-refractivity contribution in [2.45, 2.75) is 66.7 Å². The number of thiophene rings is 1. The van der Waals surface area contributed by atoms with Crippen molar-refractivity contribution in [2.75, 3.05) is 5.32 Å². The zero-order chi connectivity index (χ0) is 24.4. The summed E-state index contributed by atoms with van der Waals surface area (Å²) in [7, 11) is 0. The molecular weight excluding hydrogens is 592 g/mol. The number of aryl methyl sites for hydroxylation is 3. The third kappa shape index (κ3) is 17.9. The van der Waals surface area contributed by atoms with Crippen molar-refractivity contribution < 1.29 is 35.2 Å². The molecular formula is C25H38N2O3SW-4. The van der Waals surface area contributed by atoms with Gasteiger partial charge in [0.2, 0.25) is 0 Å². The molecule has 0 aliphatic carbocycles. The van der Waals surface area contributed by atoms with Gasteiger partial charge in [0.15, 0.2) is 5.78 Å². The van der Waals surface area contributed by atoms with Crippen LogP contribution in [0.25, 0.3) is 0 Å². The summed E-state index contributed by atoms with van der Waals surface area (Å²) in [6.07, 6.45) is 6.77. The van der Waals surface area contributed by atoms with Crippen LogP contribution in [-0.4, -0.2) is 16.7 Å². The Morgan fingerprint density at radius 3 is 1.94 bits per heavy atom. The van der Waals surface area contributed by atoms with Crippen molar-refractivity contribution >= 4 is 28.6 Å². The quantitative estimate of drug-likeness (QED) is 0.197. The maximum Gasteiger partial charge on any atom is 0.165 e. The standard InChI is InChI=1S/C11H14NOS.C6H12.C5H7NO.C3H5O.W/c1-5-10(13)9-6-14-8(4)11(9)12-7(2)3;1-3-5-6-4-2;1-4-3-7-6-5(4)2;1-3(2)4;/h6,12H,2-3,5H2,1,4H3;1-6H2;3H,1-2H3;1H2,2H3;/q-1;-2;;-1;. The summed E-state index contributed by atoms with van der Waals surface area (Å²) in [6.45, 7) is 26.9. The second kappa shape index (κ2) is 21.1. The zero-order valence-corrected chi connectivity index (χ0v) is 24.0. The molecule has 5 nitrogen and oxygen atoms in total. The molecule has 0 aromatic carbocycles. The predicted octanol–water partition coefficient (Wildman–Crippen LogP) is 7.32. The van der Waals surface area contributed by atoms with Gasteiger partial charge in [-0.2, -0.15) is 12.8 Å². The van der Waals surface area contributed by atoms with Crippen molar-refractivity contribution in [1.82, 2.24) is 5.16 Å². The molecule has 2 rings (SSSR count). The normalized spacial score (nSPS) is 8.84. The van der Waals surface area contributed by atoms with Crippen molar-refractivity contribution in [3.63, 3.8) is 0 Å². The number of unbranched alkanes of at least 4 members (excludes halogenated alkanes) is 3. The minimum Gasteiger partial charge on any atom is -0.389 e. The van der Waals surface area contributed by atoms with E-state index >= 15 is 0 Å². The van der Waals surface area contributed by atoms with Gasteiger partial charge in [0.25, 0.3) is 0 Å². The smallest absolute Gasteiger partial charge is 0.165 e. The SMILES string of the molecule is C=C([CH2-])Nc1c(C(=O)CC)csc1C.Cc1conc1C.[CH2-]C(C)=O.[CH2-]CCCC[CH2-].[W]. The number of carbonyl (C=O) groups excluding carboxylic acids is 2. The molecule has 2 aromatic heterocycles. The van der Waals surface area contributed by atoms with E-state index in [0.717, 1.165) is 40.2 Å². The van der Waals surface area contributed by atoms with Gasteiger partial charge in [-0.05, 0) is 33.5 Å². The molecule has 2 heterocycles. The molecule has 0 saturated carbocycles. The molecule has 182 valence electrons. The van der Waals surface area contributed by atoms with Gasteiger partial charge in [-0.15, -0.1) is 17.0 Å². The van der Waals surface area contributed by atoms with Crippen LogP contribution in [0.2, 0.25) is 0 Å². The molecule has 0 spiro atoms. The van der Waals surface area contributed by atoms with Gasteiger partial charge in [0.1, 0.15) is 6.26 Å². The Labute approximate surface area is 213 Å². The van der Waals surface area contributed by atoms with Crippen molar-refractivity contribution in [1.29, 1.82) is 0 Å². The topological polar surface area (TPSA) is 72.2 Å². The number of aromatic nitrogens is 1. The maximum absolute atomic E-state index is 11.5. The number of rotatable bonds is 7. The van der Waals surface area contributed by atoms with Gasteiger partial charge in [-0.3, -0.25) is 4.79 Å². The van der Waals surface area contributed by atoms with E-state index < -0.39 is 0 Å². The minimum atomic E-state index is -0.0833. The molecule has 0 bridgehead atoms. The van der Waals surface area contributed by atoms with Gasteiger partial charge in [-0.1, -0.05) is 24.9 Å². The average Bonchev–Trinajstić information content (AvgIpc) is 3.24. The molecule has 7 heteroatoms. The van der Waals surface area contributed by atoms with Gasteiger partial charge in [0, 0.05) is 43.3 Å². The number of anilines is 1. The van der Waals surface area contributed by atoms with E-state index in [1.165, 1.54) is 19.8 Å². The molecule has 0 aliphatic heterocycles. The van der Waals surface area contributed by atoms with Crippen LogP contribution in [0.1, 0.15) is 72.4 Å². The van der Waals surface area contributed by atoms with E-state index in [0.29, 0.717) is 12.1 Å². The van der Waals surface area contributed by atoms with Crippen LogP contribution >= 0.6 is 11.3 Å². The van der Waals surface area contributed by atoms with Crippen LogP contribution in [0.15, 0.2) is 28.4 Å². The van der Waals surface area contributed by atoms with E-state index in [-0.39, 0.29) is 32.6 Å². The van der Waals surface area contributed by atoms with Crippen molar-refractivity contribution in [3.05, 3.63) is 73.3 Å². The van der Waals surface area contributed by atoms with E-state index in [1.807, 2.05) is 33.1 Å². The molecule has 2 aromatic rings. The summed E-state index contributed by atoms with van der Waals surface area (Å²) in [5.74, 6) is 0.0677. The third-order valence-corrected chi connectivity index (χ3v) is 4.55. The molecule has 0 radical (unpaired) electrons. The third-order valence-electron chi connectivity index (χ3n) is 3.64. The van der Waals surface area contributed by atoms with Crippen LogP contribution in [0, 0.1) is 48.5 Å². The molecule has 0 unspecified atom stereocenters. The molecule has 0 aliphatic rings. The summed E-state index contributed by atoms with van der Waals surface area (Å²) in [5.41, 5.74) is 4.30. The average molecular weight is 630 g/mol. The fourth-order valence-electron chi connectivity index (χ4n) is 1.88. The summed E-state index contributed by atoms with van der Waals surface area (Å²) >= 11 is 1.56. The second-order valence-corrected chi connectivity index (χ2v) is 7.87. The monoisotopic (exact) mass is 630 g/mol. The molecule has 32 heavy (non-hydrogen) atoms. The van der Waals surface area contributed by atoms with E-state index in [1.54, 1.807) is 17.6 Å². The minimum absolute atomic E-state index is 0. The Morgan fingerprint density at radius 2 is 1.66 bits per heavy atom. The van der Waals surface area contributed by atoms with Crippen molar-refractivity contribution in [3.8, 4) is 0 Å². The van der Waals surface area contributed by atoms with Gasteiger partial charge < -0.3 is 35.4 Å². The fraction of sp³-hybridized carbons (Fsp3) is 0.400. The number of allylic oxidation sites excluding steroid dienone is 1. The number of hydrogen-bond acceptors (Lipinski definition) is 6. The number of carbonyl (C=O) groups is 2. The number of ketones is 2. The number of nitrogens with one attached hydrogen (secondary N) is 1. The number of nitrogens with zero attached hydrogens (tertiary/aromatic N) is 1. The van der Waals surface area contributed by atoms with E-state index in [9.17, 15) is 9.59 Å². The first kappa shape index (κ1) is 34.8. The van der Waals surface area contributed by atoms with E-state index in [2.05, 4.69) is 49.3 Å². The largest absolute Gasteiger partial charge is 0.389 e. The van der Waals surface area contributed by atoms with Gasteiger partial charge in [-0.25, -0.2) is 13.5 Å². The van der Waals surface area contributed by atoms with E-state index in [4.69, 9.17) is 0 Å². The Morgan fingerprint density at radius 1 is 1.16 bits per heavy atom. The molecule has 1 N–H and O–H groups in total. The molecule has 0 saturated heterocycles. The molecule has 0 amide bonds. The Hall–Kier alpha value is -1.78. The van der Waals surface area contributed by atoms with Crippen LogP contribution in [0.4, 0.5) is 5.69 Å². The molecule has 0 fully saturated rings. The summed E-state index contributed by atoms with van der Waals surface area (Å²) < 4.78 is 4.59. The first-order valence-electron chi connectivity index (χ1n) is 10.2. The summed E-state index contributed by atoms with van der Waals surface area (Å²) in [6, 6.07) is 0. The zero-order valence-electron chi connectivity index (χ0n) is 20.2.